The van der Waals surface area contributed by atoms with Crippen LogP contribution in [-0.2, 0) is 13.0 Å². The number of nitrogens with zero attached hydrogens (tertiary/aromatic N) is 4. The van der Waals surface area contributed by atoms with Crippen LogP contribution in [0.3, 0.4) is 0 Å². The van der Waals surface area contributed by atoms with Gasteiger partial charge in [-0.1, -0.05) is 57.0 Å². The standard InChI is InChI=1S/C25H39N7.HI/c1-18(2)23-29-22-13-12-21(16-32(22)31-23)28-24(26-4)27-17-25(14-8-9-15-25)30-19(3)20-10-6-5-7-11-20;/h5-7,10-11,18-19,21,30H,8-9,12-17H2,1-4H3,(H2,26,27,28);1H. The molecule has 2 heterocycles. The number of guanidine groups is 1. The number of nitrogens with one attached hydrogen (secondary N) is 3. The normalized spacial score (nSPS) is 20.8. The molecule has 1 aliphatic carbocycles. The lowest BCUT2D eigenvalue weighted by molar-refractivity contribution is 0.296. The van der Waals surface area contributed by atoms with Crippen LogP contribution in [0.1, 0.15) is 82.0 Å². The first-order valence-electron chi connectivity index (χ1n) is 12.2. The maximum atomic E-state index is 4.71. The highest BCUT2D eigenvalue weighted by molar-refractivity contribution is 14.0. The summed E-state index contributed by atoms with van der Waals surface area (Å²) in [5, 5.41) is 15.9. The summed E-state index contributed by atoms with van der Waals surface area (Å²) in [4.78, 5) is 9.23. The molecule has 0 radical (unpaired) electrons. The van der Waals surface area contributed by atoms with Crippen molar-refractivity contribution in [1.82, 2.24) is 30.7 Å². The van der Waals surface area contributed by atoms with Crippen LogP contribution in [0.5, 0.6) is 0 Å². The smallest absolute Gasteiger partial charge is 0.191 e. The average molecular weight is 566 g/mol. The summed E-state index contributed by atoms with van der Waals surface area (Å²) in [7, 11) is 1.86. The fourth-order valence-electron chi connectivity index (χ4n) is 5.04. The number of aryl methyl sites for hydroxylation is 1. The quantitative estimate of drug-likeness (QED) is 0.267. The summed E-state index contributed by atoms with van der Waals surface area (Å²) >= 11 is 0. The van der Waals surface area contributed by atoms with Gasteiger partial charge in [0.05, 0.1) is 6.54 Å². The molecule has 1 aromatic carbocycles. The van der Waals surface area contributed by atoms with Crippen molar-refractivity contribution < 1.29 is 0 Å². The fraction of sp³-hybridized carbons (Fsp3) is 0.640. The van der Waals surface area contributed by atoms with E-state index in [2.05, 4.69) is 76.7 Å². The van der Waals surface area contributed by atoms with Crippen LogP contribution in [0.15, 0.2) is 35.3 Å². The van der Waals surface area contributed by atoms with Crippen LogP contribution in [0.2, 0.25) is 0 Å². The van der Waals surface area contributed by atoms with Crippen molar-refractivity contribution in [3.05, 3.63) is 47.5 Å². The minimum Gasteiger partial charge on any atom is -0.355 e. The van der Waals surface area contributed by atoms with E-state index in [4.69, 9.17) is 10.1 Å². The van der Waals surface area contributed by atoms with Gasteiger partial charge in [0.2, 0.25) is 0 Å². The number of benzene rings is 1. The van der Waals surface area contributed by atoms with E-state index in [0.717, 1.165) is 43.5 Å². The van der Waals surface area contributed by atoms with Gasteiger partial charge in [-0.05, 0) is 31.7 Å². The van der Waals surface area contributed by atoms with Gasteiger partial charge in [0.15, 0.2) is 11.8 Å². The van der Waals surface area contributed by atoms with Crippen LogP contribution in [0.25, 0.3) is 0 Å². The van der Waals surface area contributed by atoms with Gasteiger partial charge in [-0.2, -0.15) is 5.10 Å². The van der Waals surface area contributed by atoms with Gasteiger partial charge in [-0.3, -0.25) is 4.99 Å². The third-order valence-electron chi connectivity index (χ3n) is 6.93. The summed E-state index contributed by atoms with van der Waals surface area (Å²) in [6.07, 6.45) is 6.94. The van der Waals surface area contributed by atoms with Crippen LogP contribution in [0, 0.1) is 0 Å². The predicted molar refractivity (Wildman–Crippen MR) is 145 cm³/mol. The minimum atomic E-state index is 0. The van der Waals surface area contributed by atoms with Crippen molar-refractivity contribution in [3.8, 4) is 0 Å². The Labute approximate surface area is 215 Å². The topological polar surface area (TPSA) is 79.2 Å². The number of hydrogen-bond acceptors (Lipinski definition) is 4. The molecular weight excluding hydrogens is 525 g/mol. The highest BCUT2D eigenvalue weighted by atomic mass is 127. The zero-order valence-corrected chi connectivity index (χ0v) is 22.8. The molecule has 2 unspecified atom stereocenters. The number of fused-ring (bicyclic) bond motifs is 1. The monoisotopic (exact) mass is 565 g/mol. The molecule has 8 heteroatoms. The summed E-state index contributed by atoms with van der Waals surface area (Å²) in [5.74, 6) is 3.30. The number of hydrogen-bond donors (Lipinski definition) is 3. The van der Waals surface area contributed by atoms with E-state index in [9.17, 15) is 0 Å². The van der Waals surface area contributed by atoms with E-state index in [1.807, 2.05) is 7.05 Å². The average Bonchev–Trinajstić information content (AvgIpc) is 3.44. The zero-order valence-electron chi connectivity index (χ0n) is 20.5. The van der Waals surface area contributed by atoms with Crippen molar-refractivity contribution in [2.24, 2.45) is 4.99 Å². The lowest BCUT2D eigenvalue weighted by atomic mass is 9.94. The highest BCUT2D eigenvalue weighted by Crippen LogP contribution is 2.32. The Bertz CT molecular complexity index is 903. The summed E-state index contributed by atoms with van der Waals surface area (Å²) in [6, 6.07) is 11.4. The predicted octanol–water partition coefficient (Wildman–Crippen LogP) is 4.16. The third-order valence-corrected chi connectivity index (χ3v) is 6.93. The lowest BCUT2D eigenvalue weighted by Gasteiger charge is -2.35. The number of aromatic nitrogens is 3. The molecule has 1 saturated carbocycles. The van der Waals surface area contributed by atoms with Gasteiger partial charge in [-0.25, -0.2) is 9.67 Å². The molecule has 4 rings (SSSR count). The molecule has 2 aromatic rings. The molecule has 3 N–H and O–H groups in total. The number of halogens is 1. The molecule has 1 aliphatic heterocycles. The SMILES string of the molecule is CN=C(NCC1(NC(C)c2ccccc2)CCCC1)NC1CCc2nc(C(C)C)nn2C1.I. The van der Waals surface area contributed by atoms with Gasteiger partial charge in [0, 0.05) is 43.6 Å². The second-order valence-electron chi connectivity index (χ2n) is 9.79. The van der Waals surface area contributed by atoms with Gasteiger partial charge in [-0.15, -0.1) is 24.0 Å². The van der Waals surface area contributed by atoms with Crippen molar-refractivity contribution in [2.45, 2.75) is 89.4 Å². The first-order valence-corrected chi connectivity index (χ1v) is 12.2. The summed E-state index contributed by atoms with van der Waals surface area (Å²) in [5.41, 5.74) is 1.44. The summed E-state index contributed by atoms with van der Waals surface area (Å²) in [6.45, 7) is 8.28. The highest BCUT2D eigenvalue weighted by Gasteiger charge is 2.35. The van der Waals surface area contributed by atoms with E-state index in [0.29, 0.717) is 18.0 Å². The molecular formula is C25H40IN7. The number of aliphatic imine (C=N–C) groups is 1. The van der Waals surface area contributed by atoms with Crippen molar-refractivity contribution in [1.29, 1.82) is 0 Å². The molecule has 2 atom stereocenters. The Hall–Kier alpha value is -1.68. The van der Waals surface area contributed by atoms with Crippen molar-refractivity contribution >= 4 is 29.9 Å². The van der Waals surface area contributed by atoms with Crippen molar-refractivity contribution in [3.63, 3.8) is 0 Å². The van der Waals surface area contributed by atoms with Crippen LogP contribution >= 0.6 is 24.0 Å². The molecule has 0 saturated heterocycles. The molecule has 182 valence electrons. The zero-order chi connectivity index (χ0) is 22.6. The Kier molecular flexibility index (Phi) is 9.15. The largest absolute Gasteiger partial charge is 0.355 e. The Morgan fingerprint density at radius 3 is 2.58 bits per heavy atom. The summed E-state index contributed by atoms with van der Waals surface area (Å²) < 4.78 is 2.07. The Balaban J connectivity index is 0.00000306. The van der Waals surface area contributed by atoms with E-state index in [1.54, 1.807) is 0 Å². The molecule has 2 aliphatic rings. The molecule has 0 amide bonds. The Morgan fingerprint density at radius 1 is 1.18 bits per heavy atom. The van der Waals surface area contributed by atoms with Gasteiger partial charge >= 0.3 is 0 Å². The second-order valence-corrected chi connectivity index (χ2v) is 9.79. The minimum absolute atomic E-state index is 0. The third kappa shape index (κ3) is 6.47. The van der Waals surface area contributed by atoms with E-state index < -0.39 is 0 Å². The van der Waals surface area contributed by atoms with E-state index in [-0.39, 0.29) is 29.5 Å². The van der Waals surface area contributed by atoms with E-state index >= 15 is 0 Å². The molecule has 1 fully saturated rings. The first-order chi connectivity index (χ1) is 15.5. The van der Waals surface area contributed by atoms with Crippen molar-refractivity contribution in [2.75, 3.05) is 13.6 Å². The molecule has 1 aromatic heterocycles. The second kappa shape index (κ2) is 11.6. The maximum Gasteiger partial charge on any atom is 0.191 e. The maximum absolute atomic E-state index is 4.71. The molecule has 0 bridgehead atoms. The van der Waals surface area contributed by atoms with Gasteiger partial charge in [0.25, 0.3) is 0 Å². The molecule has 7 nitrogen and oxygen atoms in total. The van der Waals surface area contributed by atoms with Crippen LogP contribution in [0.4, 0.5) is 0 Å². The fourth-order valence-corrected chi connectivity index (χ4v) is 5.04. The Morgan fingerprint density at radius 2 is 1.91 bits per heavy atom. The van der Waals surface area contributed by atoms with E-state index in [1.165, 1.54) is 31.2 Å². The molecule has 0 spiro atoms. The van der Waals surface area contributed by atoms with Crippen LogP contribution < -0.4 is 16.0 Å². The number of rotatable bonds is 7. The van der Waals surface area contributed by atoms with Gasteiger partial charge < -0.3 is 16.0 Å². The lowest BCUT2D eigenvalue weighted by Crippen LogP contribution is -2.55. The van der Waals surface area contributed by atoms with Gasteiger partial charge in [0.1, 0.15) is 5.82 Å². The molecule has 33 heavy (non-hydrogen) atoms. The first kappa shape index (κ1) is 25.9. The van der Waals surface area contributed by atoms with Crippen LogP contribution in [-0.4, -0.2) is 45.9 Å².